The number of nitrogens with zero attached hydrogens (tertiary/aromatic N) is 1. The van der Waals surface area contributed by atoms with Gasteiger partial charge in [0, 0.05) is 18.8 Å². The minimum atomic E-state index is 1.14. The van der Waals surface area contributed by atoms with Crippen LogP contribution in [0.2, 0.25) is 0 Å². The van der Waals surface area contributed by atoms with Crippen molar-refractivity contribution < 1.29 is 0 Å². The fourth-order valence-corrected chi connectivity index (χ4v) is 1.33. The van der Waals surface area contributed by atoms with Crippen LogP contribution in [0.25, 0.3) is 0 Å². The van der Waals surface area contributed by atoms with Gasteiger partial charge in [-0.2, -0.15) is 0 Å². The largest absolute Gasteiger partial charge is 0.376 e. The van der Waals surface area contributed by atoms with Crippen LogP contribution in [0.5, 0.6) is 0 Å². The maximum Gasteiger partial charge on any atom is 0.0174 e. The summed E-state index contributed by atoms with van der Waals surface area (Å²) in [6.07, 6.45) is 3.91. The molecule has 0 atom stereocenters. The molecular weight excluding hydrogens is 110 g/mol. The third-order valence-corrected chi connectivity index (χ3v) is 1.97. The molecule has 0 aromatic heterocycles. The van der Waals surface area contributed by atoms with Crippen LogP contribution >= 0.6 is 0 Å². The van der Waals surface area contributed by atoms with Crippen LogP contribution in [0, 0.1) is 0 Å². The molecule has 0 amide bonds. The summed E-state index contributed by atoms with van der Waals surface area (Å²) in [7, 11) is 0. The Morgan fingerprint density at radius 3 is 2.78 bits per heavy atom. The van der Waals surface area contributed by atoms with Crippen molar-refractivity contribution in [1.29, 1.82) is 0 Å². The number of piperidine rings is 1. The summed E-state index contributed by atoms with van der Waals surface area (Å²) in [5.74, 6) is 0. The first kappa shape index (κ1) is 6.66. The molecule has 0 spiro atoms. The van der Waals surface area contributed by atoms with Gasteiger partial charge in [-0.25, -0.2) is 0 Å². The molecule has 0 saturated carbocycles. The maximum absolute atomic E-state index is 3.99. The van der Waals surface area contributed by atoms with Gasteiger partial charge in [-0.1, -0.05) is 6.58 Å². The van der Waals surface area contributed by atoms with Gasteiger partial charge < -0.3 is 4.90 Å². The molecule has 1 aliphatic rings. The zero-order valence-corrected chi connectivity index (χ0v) is 6.19. The van der Waals surface area contributed by atoms with Crippen LogP contribution in [0.3, 0.4) is 0 Å². The predicted molar refractivity (Wildman–Crippen MR) is 40.2 cm³/mol. The maximum atomic E-state index is 3.99. The molecule has 1 heterocycles. The molecular formula is C8H15N. The van der Waals surface area contributed by atoms with Gasteiger partial charge in [0.1, 0.15) is 0 Å². The van der Waals surface area contributed by atoms with Crippen LogP contribution in [0.15, 0.2) is 12.3 Å². The number of hydrogen-bond acceptors (Lipinski definition) is 1. The van der Waals surface area contributed by atoms with Crippen molar-refractivity contribution >= 4 is 0 Å². The molecule has 1 rings (SSSR count). The molecule has 1 fully saturated rings. The Kier molecular flexibility index (Phi) is 2.15. The summed E-state index contributed by atoms with van der Waals surface area (Å²) < 4.78 is 0. The van der Waals surface area contributed by atoms with Gasteiger partial charge in [0.2, 0.25) is 0 Å². The fourth-order valence-electron chi connectivity index (χ4n) is 1.33. The number of likely N-dealkylation sites (tertiary alicyclic amines) is 1. The molecule has 0 aliphatic carbocycles. The van der Waals surface area contributed by atoms with E-state index < -0.39 is 0 Å². The smallest absolute Gasteiger partial charge is 0.0174 e. The average molecular weight is 125 g/mol. The van der Waals surface area contributed by atoms with E-state index in [4.69, 9.17) is 0 Å². The van der Waals surface area contributed by atoms with Gasteiger partial charge in [-0.05, 0) is 26.2 Å². The van der Waals surface area contributed by atoms with Crippen molar-refractivity contribution in [3.63, 3.8) is 0 Å². The van der Waals surface area contributed by atoms with E-state index in [1.54, 1.807) is 0 Å². The van der Waals surface area contributed by atoms with E-state index in [9.17, 15) is 0 Å². The van der Waals surface area contributed by atoms with E-state index in [0.717, 1.165) is 6.54 Å². The monoisotopic (exact) mass is 125 g/mol. The Balaban J connectivity index is 2.39. The first-order valence-electron chi connectivity index (χ1n) is 3.77. The molecule has 0 aromatic rings. The van der Waals surface area contributed by atoms with Crippen LogP contribution < -0.4 is 0 Å². The van der Waals surface area contributed by atoms with Crippen molar-refractivity contribution in [3.05, 3.63) is 12.3 Å². The van der Waals surface area contributed by atoms with Crippen LogP contribution in [-0.4, -0.2) is 18.0 Å². The van der Waals surface area contributed by atoms with Crippen molar-refractivity contribution in [1.82, 2.24) is 4.90 Å². The molecule has 1 heteroatoms. The Morgan fingerprint density at radius 1 is 1.56 bits per heavy atom. The van der Waals surface area contributed by atoms with E-state index in [1.165, 1.54) is 31.5 Å². The molecule has 0 N–H and O–H groups in total. The standard InChI is InChI=1S/C8H15N/c1-3-9-7-5-4-6-8(9)2/h2-7H2,1H3. The van der Waals surface area contributed by atoms with E-state index in [-0.39, 0.29) is 0 Å². The summed E-state index contributed by atoms with van der Waals surface area (Å²) in [5, 5.41) is 0. The second-order valence-corrected chi connectivity index (χ2v) is 2.60. The van der Waals surface area contributed by atoms with E-state index >= 15 is 0 Å². The zero-order chi connectivity index (χ0) is 6.69. The van der Waals surface area contributed by atoms with E-state index in [2.05, 4.69) is 18.4 Å². The first-order valence-corrected chi connectivity index (χ1v) is 3.77. The summed E-state index contributed by atoms with van der Waals surface area (Å²) >= 11 is 0. The predicted octanol–water partition coefficient (Wildman–Crippen LogP) is 2.01. The second kappa shape index (κ2) is 2.90. The molecule has 1 saturated heterocycles. The third kappa shape index (κ3) is 1.47. The lowest BCUT2D eigenvalue weighted by Gasteiger charge is -2.29. The Bertz CT molecular complexity index is 107. The van der Waals surface area contributed by atoms with E-state index in [0.29, 0.717) is 0 Å². The van der Waals surface area contributed by atoms with Crippen LogP contribution in [0.4, 0.5) is 0 Å². The van der Waals surface area contributed by atoms with Crippen LogP contribution in [-0.2, 0) is 0 Å². The summed E-state index contributed by atoms with van der Waals surface area (Å²) in [6.45, 7) is 8.55. The lowest BCUT2D eigenvalue weighted by molar-refractivity contribution is 0.305. The number of rotatable bonds is 1. The lowest BCUT2D eigenvalue weighted by atomic mass is 10.1. The highest BCUT2D eigenvalue weighted by Gasteiger charge is 2.09. The van der Waals surface area contributed by atoms with Gasteiger partial charge >= 0.3 is 0 Å². The van der Waals surface area contributed by atoms with Crippen molar-refractivity contribution in [2.45, 2.75) is 26.2 Å². The summed E-state index contributed by atoms with van der Waals surface area (Å²) in [5.41, 5.74) is 1.34. The second-order valence-electron chi connectivity index (χ2n) is 2.60. The highest BCUT2D eigenvalue weighted by molar-refractivity contribution is 4.96. The van der Waals surface area contributed by atoms with Gasteiger partial charge in [0.05, 0.1) is 0 Å². The molecule has 0 aromatic carbocycles. The van der Waals surface area contributed by atoms with Crippen molar-refractivity contribution in [2.75, 3.05) is 13.1 Å². The topological polar surface area (TPSA) is 3.24 Å². The zero-order valence-electron chi connectivity index (χ0n) is 6.19. The summed E-state index contributed by atoms with van der Waals surface area (Å²) in [6, 6.07) is 0. The van der Waals surface area contributed by atoms with E-state index in [1.807, 2.05) is 0 Å². The SMILES string of the molecule is C=C1CCCCN1CC. The highest BCUT2D eigenvalue weighted by atomic mass is 15.1. The number of hydrogen-bond donors (Lipinski definition) is 0. The van der Waals surface area contributed by atoms with Gasteiger partial charge in [-0.3, -0.25) is 0 Å². The third-order valence-electron chi connectivity index (χ3n) is 1.97. The lowest BCUT2D eigenvalue weighted by Crippen LogP contribution is -2.26. The first-order chi connectivity index (χ1) is 4.34. The van der Waals surface area contributed by atoms with Crippen LogP contribution in [0.1, 0.15) is 26.2 Å². The molecule has 0 bridgehead atoms. The minimum Gasteiger partial charge on any atom is -0.376 e. The Hall–Kier alpha value is -0.460. The molecule has 1 nitrogen and oxygen atoms in total. The van der Waals surface area contributed by atoms with Gasteiger partial charge in [-0.15, -0.1) is 0 Å². The summed E-state index contributed by atoms with van der Waals surface area (Å²) in [4.78, 5) is 2.36. The Labute approximate surface area is 57.4 Å². The van der Waals surface area contributed by atoms with Crippen molar-refractivity contribution in [3.8, 4) is 0 Å². The fraction of sp³-hybridized carbons (Fsp3) is 0.750. The van der Waals surface area contributed by atoms with Gasteiger partial charge in [0.15, 0.2) is 0 Å². The molecule has 0 radical (unpaired) electrons. The number of allylic oxidation sites excluding steroid dienone is 1. The molecule has 9 heavy (non-hydrogen) atoms. The highest BCUT2D eigenvalue weighted by Crippen LogP contribution is 2.17. The average Bonchev–Trinajstić information content (AvgIpc) is 1.89. The minimum absolute atomic E-state index is 1.14. The van der Waals surface area contributed by atoms with Gasteiger partial charge in [0.25, 0.3) is 0 Å². The molecule has 1 aliphatic heterocycles. The molecule has 52 valence electrons. The normalized spacial score (nSPS) is 20.6. The quantitative estimate of drug-likeness (QED) is 0.518. The van der Waals surface area contributed by atoms with Crippen molar-refractivity contribution in [2.24, 2.45) is 0 Å². The Morgan fingerprint density at radius 2 is 2.33 bits per heavy atom. The molecule has 0 unspecified atom stereocenters.